The Kier molecular flexibility index (Phi) is 6.38. The lowest BCUT2D eigenvalue weighted by atomic mass is 10.2. The molecule has 156 valence electrons. The Morgan fingerprint density at radius 2 is 1.73 bits per heavy atom. The van der Waals surface area contributed by atoms with E-state index in [0.29, 0.717) is 27.5 Å². The van der Waals surface area contributed by atoms with E-state index in [1.54, 1.807) is 17.7 Å². The molecule has 0 aliphatic carbocycles. The van der Waals surface area contributed by atoms with Crippen LogP contribution in [0.3, 0.4) is 0 Å². The van der Waals surface area contributed by atoms with Crippen LogP contribution in [0.15, 0.2) is 58.5 Å². The second-order valence-electron chi connectivity index (χ2n) is 7.31. The van der Waals surface area contributed by atoms with Gasteiger partial charge in [-0.1, -0.05) is 48.9 Å². The average Bonchev–Trinajstić information content (AvgIpc) is 3.07. The summed E-state index contributed by atoms with van der Waals surface area (Å²) in [6.45, 7) is 1.62. The van der Waals surface area contributed by atoms with Crippen molar-refractivity contribution in [1.29, 1.82) is 0 Å². The number of aromatic nitrogens is 2. The number of carbonyl (C=O) groups is 1. The minimum atomic E-state index is -0.171. The van der Waals surface area contributed by atoms with Gasteiger partial charge in [-0.3, -0.25) is 14.2 Å². The molecule has 1 saturated heterocycles. The molecule has 1 aliphatic heterocycles. The Morgan fingerprint density at radius 1 is 1.03 bits per heavy atom. The van der Waals surface area contributed by atoms with E-state index in [2.05, 4.69) is 0 Å². The number of nitrogens with zero attached hydrogens (tertiary/aromatic N) is 3. The lowest BCUT2D eigenvalue weighted by Crippen LogP contribution is -2.33. The zero-order chi connectivity index (χ0) is 20.9. The largest absolute Gasteiger partial charge is 0.495 e. The molecule has 0 atom stereocenters. The van der Waals surface area contributed by atoms with Gasteiger partial charge in [-0.2, -0.15) is 0 Å². The summed E-state index contributed by atoms with van der Waals surface area (Å²) in [4.78, 5) is 32.8. The highest BCUT2D eigenvalue weighted by atomic mass is 32.2. The van der Waals surface area contributed by atoms with Crippen molar-refractivity contribution >= 4 is 28.6 Å². The molecule has 0 N–H and O–H groups in total. The van der Waals surface area contributed by atoms with Crippen LogP contribution in [-0.2, 0) is 4.79 Å². The van der Waals surface area contributed by atoms with Crippen LogP contribution in [0.25, 0.3) is 16.6 Å². The molecule has 1 aliphatic rings. The van der Waals surface area contributed by atoms with Gasteiger partial charge < -0.3 is 9.64 Å². The van der Waals surface area contributed by atoms with Crippen LogP contribution in [0.5, 0.6) is 5.75 Å². The van der Waals surface area contributed by atoms with Crippen molar-refractivity contribution in [1.82, 2.24) is 14.5 Å². The molecule has 0 spiro atoms. The first-order valence-electron chi connectivity index (χ1n) is 10.2. The molecule has 4 rings (SSSR count). The molecule has 1 amide bonds. The van der Waals surface area contributed by atoms with Gasteiger partial charge in [0.2, 0.25) is 5.91 Å². The predicted molar refractivity (Wildman–Crippen MR) is 120 cm³/mol. The SMILES string of the molecule is COc1ccccc1-n1c(SCC(=O)N2CCCCCC2)nc2ccccc2c1=O. The Morgan fingerprint density at radius 3 is 2.50 bits per heavy atom. The van der Waals surface area contributed by atoms with Gasteiger partial charge in [0.25, 0.3) is 5.56 Å². The summed E-state index contributed by atoms with van der Waals surface area (Å²) in [6, 6.07) is 14.6. The number of thioether (sulfide) groups is 1. The number of para-hydroxylation sites is 3. The predicted octanol–water partition coefficient (Wildman–Crippen LogP) is 3.89. The zero-order valence-corrected chi connectivity index (χ0v) is 17.9. The van der Waals surface area contributed by atoms with Crippen LogP contribution >= 0.6 is 11.8 Å². The quantitative estimate of drug-likeness (QED) is 0.460. The third-order valence-electron chi connectivity index (χ3n) is 5.35. The van der Waals surface area contributed by atoms with Crippen LogP contribution in [0.1, 0.15) is 25.7 Å². The van der Waals surface area contributed by atoms with Crippen LogP contribution in [0.4, 0.5) is 0 Å². The standard InChI is InChI=1S/C23H25N3O3S/c1-29-20-13-7-6-12-19(20)26-22(28)17-10-4-5-11-18(17)24-23(26)30-16-21(27)25-14-8-2-3-9-15-25/h4-7,10-13H,2-3,8-9,14-16H2,1H3. The fourth-order valence-electron chi connectivity index (χ4n) is 3.77. The molecule has 30 heavy (non-hydrogen) atoms. The van der Waals surface area contributed by atoms with Gasteiger partial charge in [-0.05, 0) is 37.1 Å². The number of likely N-dealkylation sites (tertiary alicyclic amines) is 1. The first kappa shape index (κ1) is 20.5. The van der Waals surface area contributed by atoms with Crippen LogP contribution in [0.2, 0.25) is 0 Å². The molecule has 0 unspecified atom stereocenters. The Bertz CT molecular complexity index is 1100. The van der Waals surface area contributed by atoms with Crippen LogP contribution in [0, 0.1) is 0 Å². The minimum Gasteiger partial charge on any atom is -0.495 e. The Balaban J connectivity index is 1.73. The number of ether oxygens (including phenoxy) is 1. The summed E-state index contributed by atoms with van der Waals surface area (Å²) >= 11 is 1.30. The Labute approximate surface area is 179 Å². The molecular formula is C23H25N3O3S. The van der Waals surface area contributed by atoms with E-state index in [0.717, 1.165) is 25.9 Å². The maximum atomic E-state index is 13.4. The summed E-state index contributed by atoms with van der Waals surface area (Å²) in [5.74, 6) is 0.924. The smallest absolute Gasteiger partial charge is 0.266 e. The highest BCUT2D eigenvalue weighted by molar-refractivity contribution is 7.99. The van der Waals surface area contributed by atoms with Crippen LogP contribution < -0.4 is 10.3 Å². The first-order chi connectivity index (χ1) is 14.7. The van der Waals surface area contributed by atoms with E-state index in [-0.39, 0.29) is 17.2 Å². The minimum absolute atomic E-state index is 0.0934. The van der Waals surface area contributed by atoms with Gasteiger partial charge >= 0.3 is 0 Å². The number of carbonyl (C=O) groups excluding carboxylic acids is 1. The van der Waals surface area contributed by atoms with Gasteiger partial charge in [-0.25, -0.2) is 4.98 Å². The fraction of sp³-hybridized carbons (Fsp3) is 0.348. The maximum Gasteiger partial charge on any atom is 0.266 e. The van der Waals surface area contributed by atoms with E-state index >= 15 is 0 Å². The molecule has 0 saturated carbocycles. The number of rotatable bonds is 5. The van der Waals surface area contributed by atoms with Gasteiger partial charge in [0.15, 0.2) is 5.16 Å². The van der Waals surface area contributed by atoms with Crippen molar-refractivity contribution in [3.05, 3.63) is 58.9 Å². The molecule has 0 bridgehead atoms. The van der Waals surface area contributed by atoms with Crippen molar-refractivity contribution in [2.45, 2.75) is 30.8 Å². The highest BCUT2D eigenvalue weighted by Gasteiger charge is 2.20. The number of benzene rings is 2. The summed E-state index contributed by atoms with van der Waals surface area (Å²) in [6.07, 6.45) is 4.46. The number of amides is 1. The molecule has 1 aromatic heterocycles. The zero-order valence-electron chi connectivity index (χ0n) is 17.0. The van der Waals surface area contributed by atoms with Crippen molar-refractivity contribution in [3.63, 3.8) is 0 Å². The summed E-state index contributed by atoms with van der Waals surface area (Å²) in [5, 5.41) is 1.03. The number of hydrogen-bond acceptors (Lipinski definition) is 5. The van der Waals surface area contributed by atoms with Gasteiger partial charge in [-0.15, -0.1) is 0 Å². The monoisotopic (exact) mass is 423 g/mol. The molecule has 1 fully saturated rings. The topological polar surface area (TPSA) is 64.4 Å². The van der Waals surface area contributed by atoms with E-state index in [1.165, 1.54) is 24.6 Å². The molecule has 0 radical (unpaired) electrons. The van der Waals surface area contributed by atoms with Crippen molar-refractivity contribution in [3.8, 4) is 11.4 Å². The summed E-state index contributed by atoms with van der Waals surface area (Å²) in [5.41, 5.74) is 1.07. The van der Waals surface area contributed by atoms with Gasteiger partial charge in [0.1, 0.15) is 5.75 Å². The fourth-order valence-corrected chi connectivity index (χ4v) is 4.68. The normalized spacial score (nSPS) is 14.5. The first-order valence-corrected chi connectivity index (χ1v) is 11.2. The van der Waals surface area contributed by atoms with E-state index in [1.807, 2.05) is 47.4 Å². The number of hydrogen-bond donors (Lipinski definition) is 0. The summed E-state index contributed by atoms with van der Waals surface area (Å²) < 4.78 is 7.04. The second kappa shape index (κ2) is 9.34. The summed E-state index contributed by atoms with van der Waals surface area (Å²) in [7, 11) is 1.58. The van der Waals surface area contributed by atoms with Crippen molar-refractivity contribution < 1.29 is 9.53 Å². The third-order valence-corrected chi connectivity index (χ3v) is 6.28. The maximum absolute atomic E-state index is 13.4. The van der Waals surface area contributed by atoms with Gasteiger partial charge in [0, 0.05) is 13.1 Å². The highest BCUT2D eigenvalue weighted by Crippen LogP contribution is 2.27. The van der Waals surface area contributed by atoms with E-state index in [4.69, 9.17) is 9.72 Å². The molecule has 2 heterocycles. The molecule has 2 aromatic carbocycles. The van der Waals surface area contributed by atoms with Crippen molar-refractivity contribution in [2.75, 3.05) is 26.0 Å². The third kappa shape index (κ3) is 4.21. The average molecular weight is 424 g/mol. The Hall–Kier alpha value is -2.80. The van der Waals surface area contributed by atoms with Crippen molar-refractivity contribution in [2.24, 2.45) is 0 Å². The lowest BCUT2D eigenvalue weighted by Gasteiger charge is -2.20. The molecule has 3 aromatic rings. The molecule has 7 heteroatoms. The lowest BCUT2D eigenvalue weighted by molar-refractivity contribution is -0.128. The second-order valence-corrected chi connectivity index (χ2v) is 8.25. The molecule has 6 nitrogen and oxygen atoms in total. The van der Waals surface area contributed by atoms with E-state index in [9.17, 15) is 9.59 Å². The number of fused-ring (bicyclic) bond motifs is 1. The van der Waals surface area contributed by atoms with Gasteiger partial charge in [0.05, 0.1) is 29.5 Å². The molecular weight excluding hydrogens is 398 g/mol. The van der Waals surface area contributed by atoms with E-state index < -0.39 is 0 Å². The van der Waals surface area contributed by atoms with Crippen LogP contribution in [-0.4, -0.2) is 46.3 Å². The number of methoxy groups -OCH3 is 1.